The van der Waals surface area contributed by atoms with Crippen LogP contribution >= 0.6 is 12.4 Å². The second-order valence-electron chi connectivity index (χ2n) is 4.52. The SMILES string of the molecule is CC1CCCC(C)C1NC(=O)CCN.Cl. The highest BCUT2D eigenvalue weighted by atomic mass is 35.5. The van der Waals surface area contributed by atoms with Gasteiger partial charge in [-0.15, -0.1) is 12.4 Å². The van der Waals surface area contributed by atoms with Crippen molar-refractivity contribution in [3.8, 4) is 0 Å². The van der Waals surface area contributed by atoms with Crippen LogP contribution in [0.25, 0.3) is 0 Å². The first kappa shape index (κ1) is 14.7. The number of nitrogens with two attached hydrogens (primary N) is 1. The van der Waals surface area contributed by atoms with Crippen LogP contribution in [0, 0.1) is 11.8 Å². The van der Waals surface area contributed by atoms with Crippen LogP contribution in [0.5, 0.6) is 0 Å². The van der Waals surface area contributed by atoms with E-state index in [-0.39, 0.29) is 18.3 Å². The molecule has 90 valence electrons. The fourth-order valence-corrected chi connectivity index (χ4v) is 2.36. The van der Waals surface area contributed by atoms with Gasteiger partial charge in [-0.25, -0.2) is 0 Å². The largest absolute Gasteiger partial charge is 0.353 e. The van der Waals surface area contributed by atoms with E-state index in [4.69, 9.17) is 5.73 Å². The van der Waals surface area contributed by atoms with E-state index >= 15 is 0 Å². The van der Waals surface area contributed by atoms with Crippen molar-refractivity contribution in [1.29, 1.82) is 0 Å². The average Bonchev–Trinajstić information content (AvgIpc) is 2.12. The van der Waals surface area contributed by atoms with Gasteiger partial charge in [0, 0.05) is 19.0 Å². The Morgan fingerprint density at radius 1 is 1.33 bits per heavy atom. The number of carbonyl (C=O) groups is 1. The van der Waals surface area contributed by atoms with Crippen LogP contribution in [0.1, 0.15) is 39.5 Å². The van der Waals surface area contributed by atoms with E-state index in [9.17, 15) is 4.79 Å². The van der Waals surface area contributed by atoms with Gasteiger partial charge < -0.3 is 11.1 Å². The zero-order valence-corrected chi connectivity index (χ0v) is 10.5. The Balaban J connectivity index is 0.00000196. The molecule has 0 radical (unpaired) electrons. The molecule has 15 heavy (non-hydrogen) atoms. The van der Waals surface area contributed by atoms with Gasteiger partial charge in [-0.1, -0.05) is 20.3 Å². The van der Waals surface area contributed by atoms with Crippen LogP contribution in [-0.4, -0.2) is 18.5 Å². The van der Waals surface area contributed by atoms with E-state index in [1.165, 1.54) is 19.3 Å². The van der Waals surface area contributed by atoms with E-state index in [1.54, 1.807) is 0 Å². The van der Waals surface area contributed by atoms with Gasteiger partial charge in [0.25, 0.3) is 0 Å². The van der Waals surface area contributed by atoms with Crippen LogP contribution in [-0.2, 0) is 4.79 Å². The standard InChI is InChI=1S/C11H22N2O.ClH/c1-8-4-3-5-9(2)11(8)13-10(14)6-7-12;/h8-9,11H,3-7,12H2,1-2H3,(H,13,14);1H. The number of hydrogen-bond acceptors (Lipinski definition) is 2. The molecule has 0 bridgehead atoms. The quantitative estimate of drug-likeness (QED) is 0.781. The smallest absolute Gasteiger partial charge is 0.221 e. The molecule has 4 heteroatoms. The first-order valence-electron chi connectivity index (χ1n) is 5.64. The Morgan fingerprint density at radius 2 is 1.87 bits per heavy atom. The summed E-state index contributed by atoms with van der Waals surface area (Å²) in [6.45, 7) is 4.90. The zero-order valence-electron chi connectivity index (χ0n) is 9.66. The van der Waals surface area contributed by atoms with E-state index < -0.39 is 0 Å². The Bertz CT molecular complexity index is 189. The van der Waals surface area contributed by atoms with Gasteiger partial charge in [-0.3, -0.25) is 4.79 Å². The molecule has 1 aliphatic rings. The summed E-state index contributed by atoms with van der Waals surface area (Å²) in [6.07, 6.45) is 4.22. The van der Waals surface area contributed by atoms with E-state index in [2.05, 4.69) is 19.2 Å². The third-order valence-corrected chi connectivity index (χ3v) is 3.24. The molecule has 2 unspecified atom stereocenters. The molecule has 2 atom stereocenters. The highest BCUT2D eigenvalue weighted by Gasteiger charge is 2.28. The maximum Gasteiger partial charge on any atom is 0.221 e. The lowest BCUT2D eigenvalue weighted by molar-refractivity contribution is -0.122. The van der Waals surface area contributed by atoms with Gasteiger partial charge in [0.15, 0.2) is 0 Å². The monoisotopic (exact) mass is 234 g/mol. The van der Waals surface area contributed by atoms with Gasteiger partial charge in [0.2, 0.25) is 5.91 Å². The topological polar surface area (TPSA) is 55.1 Å². The van der Waals surface area contributed by atoms with Crippen LogP contribution in [0.3, 0.4) is 0 Å². The maximum atomic E-state index is 11.4. The van der Waals surface area contributed by atoms with Crippen molar-refractivity contribution in [3.05, 3.63) is 0 Å². The summed E-state index contributed by atoms with van der Waals surface area (Å²) >= 11 is 0. The molecule has 0 saturated heterocycles. The number of nitrogens with one attached hydrogen (secondary N) is 1. The predicted octanol–water partition coefficient (Wildman–Crippen LogP) is 1.70. The first-order chi connectivity index (χ1) is 6.65. The molecule has 1 fully saturated rings. The summed E-state index contributed by atoms with van der Waals surface area (Å²) in [5, 5.41) is 3.10. The minimum Gasteiger partial charge on any atom is -0.353 e. The van der Waals surface area contributed by atoms with Crippen molar-refractivity contribution < 1.29 is 4.79 Å². The van der Waals surface area contributed by atoms with Crippen LogP contribution in [0.2, 0.25) is 0 Å². The van der Waals surface area contributed by atoms with Gasteiger partial charge >= 0.3 is 0 Å². The molecular weight excluding hydrogens is 212 g/mol. The number of amides is 1. The number of carbonyl (C=O) groups excluding carboxylic acids is 1. The summed E-state index contributed by atoms with van der Waals surface area (Å²) in [7, 11) is 0. The van der Waals surface area contributed by atoms with E-state index in [0.29, 0.717) is 30.8 Å². The van der Waals surface area contributed by atoms with E-state index in [1.807, 2.05) is 0 Å². The molecule has 1 aliphatic carbocycles. The Hall–Kier alpha value is -0.280. The lowest BCUT2D eigenvalue weighted by atomic mass is 9.78. The number of hydrogen-bond donors (Lipinski definition) is 2. The Kier molecular flexibility index (Phi) is 6.94. The predicted molar refractivity (Wildman–Crippen MR) is 65.0 cm³/mol. The second-order valence-corrected chi connectivity index (χ2v) is 4.52. The molecule has 3 nitrogen and oxygen atoms in total. The summed E-state index contributed by atoms with van der Waals surface area (Å²) in [4.78, 5) is 11.4. The minimum absolute atomic E-state index is 0. The highest BCUT2D eigenvalue weighted by Crippen LogP contribution is 2.28. The molecule has 0 aromatic carbocycles. The number of rotatable bonds is 3. The second kappa shape index (κ2) is 7.07. The average molecular weight is 235 g/mol. The summed E-state index contributed by atoms with van der Waals surface area (Å²) in [5.74, 6) is 1.33. The van der Waals surface area contributed by atoms with Gasteiger partial charge in [-0.05, 0) is 24.7 Å². The minimum atomic E-state index is 0. The lowest BCUT2D eigenvalue weighted by Gasteiger charge is -2.35. The highest BCUT2D eigenvalue weighted by molar-refractivity contribution is 5.85. The molecule has 1 saturated carbocycles. The summed E-state index contributed by atoms with van der Waals surface area (Å²) in [5.41, 5.74) is 5.34. The first-order valence-corrected chi connectivity index (χ1v) is 5.64. The molecule has 0 heterocycles. The van der Waals surface area contributed by atoms with Gasteiger partial charge in [0.1, 0.15) is 0 Å². The fraction of sp³-hybridized carbons (Fsp3) is 0.909. The molecule has 3 N–H and O–H groups in total. The summed E-state index contributed by atoms with van der Waals surface area (Å²) in [6, 6.07) is 0.364. The molecule has 0 aliphatic heterocycles. The van der Waals surface area contributed by atoms with Crippen molar-refractivity contribution >= 4 is 18.3 Å². The Morgan fingerprint density at radius 3 is 2.33 bits per heavy atom. The van der Waals surface area contributed by atoms with Crippen molar-refractivity contribution in [2.24, 2.45) is 17.6 Å². The third kappa shape index (κ3) is 4.39. The van der Waals surface area contributed by atoms with Crippen molar-refractivity contribution in [2.75, 3.05) is 6.54 Å². The molecule has 0 aromatic rings. The van der Waals surface area contributed by atoms with Crippen molar-refractivity contribution in [3.63, 3.8) is 0 Å². The van der Waals surface area contributed by atoms with Crippen LogP contribution < -0.4 is 11.1 Å². The van der Waals surface area contributed by atoms with Gasteiger partial charge in [0.05, 0.1) is 0 Å². The molecule has 1 rings (SSSR count). The molecule has 1 amide bonds. The molecule has 0 aromatic heterocycles. The third-order valence-electron chi connectivity index (χ3n) is 3.24. The summed E-state index contributed by atoms with van der Waals surface area (Å²) < 4.78 is 0. The normalized spacial score (nSPS) is 30.5. The molecule has 0 spiro atoms. The zero-order chi connectivity index (χ0) is 10.6. The fourth-order valence-electron chi connectivity index (χ4n) is 2.36. The lowest BCUT2D eigenvalue weighted by Crippen LogP contribution is -2.46. The van der Waals surface area contributed by atoms with Crippen LogP contribution in [0.15, 0.2) is 0 Å². The van der Waals surface area contributed by atoms with Crippen LogP contribution in [0.4, 0.5) is 0 Å². The van der Waals surface area contributed by atoms with Gasteiger partial charge in [-0.2, -0.15) is 0 Å². The molecular formula is C11H23ClN2O. The maximum absolute atomic E-state index is 11.4. The van der Waals surface area contributed by atoms with Crippen molar-refractivity contribution in [1.82, 2.24) is 5.32 Å². The van der Waals surface area contributed by atoms with E-state index in [0.717, 1.165) is 0 Å². The van der Waals surface area contributed by atoms with Crippen molar-refractivity contribution in [2.45, 2.75) is 45.6 Å². The number of halogens is 1. The Labute approximate surface area is 98.6 Å².